The first kappa shape index (κ1) is 17.6. The number of allylic oxidation sites excluding steroid dienone is 7. The van der Waals surface area contributed by atoms with Crippen molar-refractivity contribution < 1.29 is 9.53 Å². The van der Waals surface area contributed by atoms with Crippen molar-refractivity contribution in [3.63, 3.8) is 0 Å². The topological polar surface area (TPSA) is 38.3 Å². The van der Waals surface area contributed by atoms with E-state index in [1.54, 1.807) is 0 Å². The number of hydrogen-bond donors (Lipinski definition) is 1. The Bertz CT molecular complexity index is 534. The molecular weight excluding hydrogens is 286 g/mol. The SMILES string of the molecule is CCC[C@@H](CC1=CC=C[C@H]2C=CC=C[C@H]12)NC(=O)OC(C)(C)C. The first-order valence-corrected chi connectivity index (χ1v) is 8.61. The summed E-state index contributed by atoms with van der Waals surface area (Å²) in [6.07, 6.45) is 17.8. The van der Waals surface area contributed by atoms with Crippen molar-refractivity contribution >= 4 is 6.09 Å². The molecule has 0 spiro atoms. The van der Waals surface area contributed by atoms with Gasteiger partial charge in [-0.2, -0.15) is 0 Å². The highest BCUT2D eigenvalue weighted by atomic mass is 16.6. The van der Waals surface area contributed by atoms with Gasteiger partial charge in [0.2, 0.25) is 0 Å². The molecule has 3 atom stereocenters. The molecule has 0 unspecified atom stereocenters. The molecule has 0 saturated heterocycles. The summed E-state index contributed by atoms with van der Waals surface area (Å²) < 4.78 is 5.40. The number of fused-ring (bicyclic) bond motifs is 1. The Labute approximate surface area is 140 Å². The molecule has 126 valence electrons. The Morgan fingerprint density at radius 2 is 1.91 bits per heavy atom. The fourth-order valence-electron chi connectivity index (χ4n) is 3.13. The number of carbonyl (C=O) groups is 1. The van der Waals surface area contributed by atoms with Crippen LogP contribution in [0.1, 0.15) is 47.0 Å². The van der Waals surface area contributed by atoms with Crippen molar-refractivity contribution in [1.29, 1.82) is 0 Å². The van der Waals surface area contributed by atoms with E-state index in [4.69, 9.17) is 4.74 Å². The van der Waals surface area contributed by atoms with Gasteiger partial charge in [0.05, 0.1) is 0 Å². The van der Waals surface area contributed by atoms with Gasteiger partial charge in [-0.3, -0.25) is 0 Å². The van der Waals surface area contributed by atoms with Crippen molar-refractivity contribution in [3.8, 4) is 0 Å². The minimum Gasteiger partial charge on any atom is -0.444 e. The van der Waals surface area contributed by atoms with Crippen molar-refractivity contribution in [1.82, 2.24) is 5.32 Å². The summed E-state index contributed by atoms with van der Waals surface area (Å²) in [5.74, 6) is 0.869. The number of ether oxygens (including phenoxy) is 1. The van der Waals surface area contributed by atoms with Gasteiger partial charge in [-0.15, -0.1) is 0 Å². The monoisotopic (exact) mass is 315 g/mol. The average molecular weight is 315 g/mol. The minimum atomic E-state index is -0.463. The van der Waals surface area contributed by atoms with Crippen LogP contribution in [0.3, 0.4) is 0 Å². The van der Waals surface area contributed by atoms with E-state index in [1.165, 1.54) is 5.57 Å². The van der Waals surface area contributed by atoms with Crippen LogP contribution in [-0.2, 0) is 4.74 Å². The summed E-state index contributed by atoms with van der Waals surface area (Å²) in [6.45, 7) is 7.81. The van der Waals surface area contributed by atoms with E-state index < -0.39 is 5.60 Å². The molecule has 2 aliphatic rings. The zero-order valence-electron chi connectivity index (χ0n) is 14.7. The van der Waals surface area contributed by atoms with E-state index >= 15 is 0 Å². The summed E-state index contributed by atoms with van der Waals surface area (Å²) >= 11 is 0. The lowest BCUT2D eigenvalue weighted by molar-refractivity contribution is 0.0501. The van der Waals surface area contributed by atoms with Crippen LogP contribution in [0.25, 0.3) is 0 Å². The normalized spacial score (nSPS) is 23.9. The molecule has 0 saturated carbocycles. The van der Waals surface area contributed by atoms with Gasteiger partial charge >= 0.3 is 6.09 Å². The summed E-state index contributed by atoms with van der Waals surface area (Å²) in [4.78, 5) is 12.1. The molecule has 1 amide bonds. The maximum absolute atomic E-state index is 12.1. The zero-order chi connectivity index (χ0) is 16.9. The fourth-order valence-corrected chi connectivity index (χ4v) is 3.13. The van der Waals surface area contributed by atoms with Crippen molar-refractivity contribution in [2.75, 3.05) is 0 Å². The smallest absolute Gasteiger partial charge is 0.407 e. The quantitative estimate of drug-likeness (QED) is 0.781. The van der Waals surface area contributed by atoms with Crippen molar-refractivity contribution in [2.45, 2.75) is 58.6 Å². The second-order valence-electron chi connectivity index (χ2n) is 7.34. The molecule has 0 fully saturated rings. The largest absolute Gasteiger partial charge is 0.444 e. The molecule has 23 heavy (non-hydrogen) atoms. The van der Waals surface area contributed by atoms with Gasteiger partial charge in [-0.05, 0) is 33.6 Å². The Morgan fingerprint density at radius 1 is 1.22 bits per heavy atom. The highest BCUT2D eigenvalue weighted by Gasteiger charge is 2.26. The molecule has 0 radical (unpaired) electrons. The van der Waals surface area contributed by atoms with Crippen LogP contribution in [-0.4, -0.2) is 17.7 Å². The maximum Gasteiger partial charge on any atom is 0.407 e. The summed E-state index contributed by atoms with van der Waals surface area (Å²) in [5, 5.41) is 3.05. The summed E-state index contributed by atoms with van der Waals surface area (Å²) in [5.41, 5.74) is 0.919. The van der Waals surface area contributed by atoms with E-state index in [0.29, 0.717) is 11.8 Å². The van der Waals surface area contributed by atoms with Crippen molar-refractivity contribution in [2.24, 2.45) is 11.8 Å². The second-order valence-corrected chi connectivity index (χ2v) is 7.34. The first-order valence-electron chi connectivity index (χ1n) is 8.61. The van der Waals surface area contributed by atoms with E-state index in [1.807, 2.05) is 20.8 Å². The Morgan fingerprint density at radius 3 is 2.61 bits per heavy atom. The number of hydrogen-bond acceptors (Lipinski definition) is 2. The molecule has 0 aliphatic heterocycles. The molecule has 0 aromatic carbocycles. The second kappa shape index (κ2) is 7.67. The van der Waals surface area contributed by atoms with Crippen LogP contribution in [0, 0.1) is 11.8 Å². The van der Waals surface area contributed by atoms with Crippen LogP contribution in [0.5, 0.6) is 0 Å². The van der Waals surface area contributed by atoms with Crippen LogP contribution in [0.4, 0.5) is 4.79 Å². The van der Waals surface area contributed by atoms with Gasteiger partial charge < -0.3 is 10.1 Å². The zero-order valence-corrected chi connectivity index (χ0v) is 14.7. The van der Waals surface area contributed by atoms with Gasteiger partial charge in [0.1, 0.15) is 5.60 Å². The summed E-state index contributed by atoms with van der Waals surface area (Å²) in [7, 11) is 0. The molecule has 0 bridgehead atoms. The lowest BCUT2D eigenvalue weighted by Gasteiger charge is -2.30. The number of amides is 1. The predicted octanol–water partition coefficient (Wildman–Crippen LogP) is 4.92. The number of alkyl carbamates (subject to hydrolysis) is 1. The fraction of sp³-hybridized carbons (Fsp3) is 0.550. The Kier molecular flexibility index (Phi) is 5.86. The molecule has 3 nitrogen and oxygen atoms in total. The van der Waals surface area contributed by atoms with Crippen LogP contribution >= 0.6 is 0 Å². The van der Waals surface area contributed by atoms with Gasteiger partial charge in [-0.1, -0.05) is 61.4 Å². The number of carbonyl (C=O) groups excluding carboxylic acids is 1. The van der Waals surface area contributed by atoms with Gasteiger partial charge in [0, 0.05) is 17.9 Å². The highest BCUT2D eigenvalue weighted by Crippen LogP contribution is 2.34. The number of rotatable bonds is 5. The van der Waals surface area contributed by atoms with Gasteiger partial charge in [-0.25, -0.2) is 4.79 Å². The maximum atomic E-state index is 12.1. The summed E-state index contributed by atoms with van der Waals surface area (Å²) in [6, 6.07) is 0.118. The third-order valence-corrected chi connectivity index (χ3v) is 4.09. The third kappa shape index (κ3) is 5.42. The molecule has 0 aromatic heterocycles. The number of nitrogens with one attached hydrogen (secondary N) is 1. The Hall–Kier alpha value is -1.77. The average Bonchev–Trinajstić information content (AvgIpc) is 2.46. The minimum absolute atomic E-state index is 0.118. The molecular formula is C20H29NO2. The van der Waals surface area contributed by atoms with Crippen LogP contribution in [0.2, 0.25) is 0 Å². The van der Waals surface area contributed by atoms with Crippen LogP contribution in [0.15, 0.2) is 48.1 Å². The first-order chi connectivity index (χ1) is 10.9. The molecule has 3 heteroatoms. The van der Waals surface area contributed by atoms with E-state index in [9.17, 15) is 4.79 Å². The lowest BCUT2D eigenvalue weighted by atomic mass is 9.77. The van der Waals surface area contributed by atoms with Gasteiger partial charge in [0.25, 0.3) is 0 Å². The Balaban J connectivity index is 2.00. The molecule has 0 heterocycles. The van der Waals surface area contributed by atoms with Crippen LogP contribution < -0.4 is 5.32 Å². The lowest BCUT2D eigenvalue weighted by Crippen LogP contribution is -2.39. The van der Waals surface area contributed by atoms with E-state index in [-0.39, 0.29) is 12.1 Å². The van der Waals surface area contributed by atoms with Gasteiger partial charge in [0.15, 0.2) is 0 Å². The molecule has 2 aliphatic carbocycles. The van der Waals surface area contributed by atoms with E-state index in [0.717, 1.165) is 19.3 Å². The van der Waals surface area contributed by atoms with Crippen molar-refractivity contribution in [3.05, 3.63) is 48.1 Å². The third-order valence-electron chi connectivity index (χ3n) is 4.09. The molecule has 1 N–H and O–H groups in total. The van der Waals surface area contributed by atoms with E-state index in [2.05, 4.69) is 54.8 Å². The molecule has 0 aromatic rings. The standard InChI is InChI=1S/C20H29NO2/c1-5-9-17(21-19(22)23-20(2,3)4)14-16-12-8-11-15-10-6-7-13-18(15)16/h6-8,10-13,15,17-18H,5,9,14H2,1-4H3,(H,21,22)/t15-,17+,18+/m1/s1. The predicted molar refractivity (Wildman–Crippen MR) is 95.2 cm³/mol. The molecule has 2 rings (SSSR count). The highest BCUT2D eigenvalue weighted by molar-refractivity contribution is 5.68.